The van der Waals surface area contributed by atoms with Crippen molar-refractivity contribution in [2.75, 3.05) is 7.05 Å². The normalized spacial score (nSPS) is 10.0. The standard InChI is InChI=1S/C6H13NO2.ClH/c1-6(2,3)5(8)9-7-4;/h7H,1-4H3;1H. The van der Waals surface area contributed by atoms with Crippen molar-refractivity contribution in [1.29, 1.82) is 0 Å². The highest BCUT2D eigenvalue weighted by Crippen LogP contribution is 2.13. The SMILES string of the molecule is CNOC(=O)C(C)(C)C.Cl. The van der Waals surface area contributed by atoms with Crippen molar-refractivity contribution in [3.63, 3.8) is 0 Å². The predicted molar refractivity (Wildman–Crippen MR) is 41.9 cm³/mol. The summed E-state index contributed by atoms with van der Waals surface area (Å²) in [5.41, 5.74) is 1.91. The molecule has 0 rings (SSSR count). The van der Waals surface area contributed by atoms with E-state index in [1.54, 1.807) is 27.8 Å². The fraction of sp³-hybridized carbons (Fsp3) is 0.833. The predicted octanol–water partition coefficient (Wildman–Crippen LogP) is 1.13. The minimum Gasteiger partial charge on any atom is -0.370 e. The molecule has 0 aliphatic heterocycles. The summed E-state index contributed by atoms with van der Waals surface area (Å²) in [7, 11) is 1.56. The van der Waals surface area contributed by atoms with Gasteiger partial charge in [0.1, 0.15) is 0 Å². The number of halogens is 1. The molecule has 0 radical (unpaired) electrons. The first-order chi connectivity index (χ1) is 3.98. The fourth-order valence-corrected chi connectivity index (χ4v) is 0.246. The van der Waals surface area contributed by atoms with Gasteiger partial charge in [0.05, 0.1) is 5.41 Å². The van der Waals surface area contributed by atoms with Crippen molar-refractivity contribution in [3.05, 3.63) is 0 Å². The zero-order chi connectivity index (χ0) is 7.49. The Morgan fingerprint density at radius 3 is 1.90 bits per heavy atom. The van der Waals surface area contributed by atoms with Gasteiger partial charge in [0, 0.05) is 7.05 Å². The van der Waals surface area contributed by atoms with E-state index in [1.807, 2.05) is 0 Å². The molecule has 0 aromatic carbocycles. The molecule has 0 heterocycles. The molecule has 0 aromatic rings. The Kier molecular flexibility index (Phi) is 5.61. The molecule has 0 amide bonds. The average Bonchev–Trinajstić information content (AvgIpc) is 1.64. The molecule has 0 saturated heterocycles. The van der Waals surface area contributed by atoms with E-state index in [2.05, 4.69) is 10.3 Å². The van der Waals surface area contributed by atoms with Crippen LogP contribution in [0.3, 0.4) is 0 Å². The number of rotatable bonds is 1. The molecule has 0 spiro atoms. The van der Waals surface area contributed by atoms with E-state index in [4.69, 9.17) is 0 Å². The number of hydrogen-bond acceptors (Lipinski definition) is 3. The van der Waals surface area contributed by atoms with Crippen LogP contribution in [-0.4, -0.2) is 13.0 Å². The van der Waals surface area contributed by atoms with Crippen LogP contribution in [0.25, 0.3) is 0 Å². The van der Waals surface area contributed by atoms with E-state index in [0.717, 1.165) is 0 Å². The molecule has 0 fully saturated rings. The highest BCUT2D eigenvalue weighted by atomic mass is 35.5. The first kappa shape index (κ1) is 12.4. The second-order valence-electron chi connectivity index (χ2n) is 2.84. The highest BCUT2D eigenvalue weighted by Gasteiger charge is 2.22. The van der Waals surface area contributed by atoms with Crippen molar-refractivity contribution in [3.8, 4) is 0 Å². The lowest BCUT2D eigenvalue weighted by molar-refractivity contribution is -0.159. The fourth-order valence-electron chi connectivity index (χ4n) is 0.246. The van der Waals surface area contributed by atoms with Gasteiger partial charge in [0.2, 0.25) is 0 Å². The first-order valence-electron chi connectivity index (χ1n) is 2.86. The zero-order valence-electron chi connectivity index (χ0n) is 6.72. The number of nitrogens with one attached hydrogen (secondary N) is 1. The van der Waals surface area contributed by atoms with E-state index < -0.39 is 5.41 Å². The molecule has 0 aliphatic rings. The maximum atomic E-state index is 10.8. The molecule has 0 aromatic heterocycles. The van der Waals surface area contributed by atoms with Gasteiger partial charge < -0.3 is 4.84 Å². The lowest BCUT2D eigenvalue weighted by Crippen LogP contribution is -2.27. The van der Waals surface area contributed by atoms with Crippen molar-refractivity contribution in [2.45, 2.75) is 20.8 Å². The van der Waals surface area contributed by atoms with Crippen molar-refractivity contribution in [2.24, 2.45) is 5.41 Å². The van der Waals surface area contributed by atoms with Crippen LogP contribution in [0, 0.1) is 5.41 Å². The number of hydrogen-bond donors (Lipinski definition) is 1. The molecular formula is C6H14ClNO2. The van der Waals surface area contributed by atoms with E-state index >= 15 is 0 Å². The van der Waals surface area contributed by atoms with Gasteiger partial charge in [-0.2, -0.15) is 5.48 Å². The summed E-state index contributed by atoms with van der Waals surface area (Å²) in [6, 6.07) is 0. The van der Waals surface area contributed by atoms with Crippen LogP contribution < -0.4 is 5.48 Å². The molecule has 0 atom stereocenters. The van der Waals surface area contributed by atoms with Crippen LogP contribution in [-0.2, 0) is 9.63 Å². The largest absolute Gasteiger partial charge is 0.370 e. The lowest BCUT2D eigenvalue weighted by Gasteiger charge is -2.14. The summed E-state index contributed by atoms with van der Waals surface area (Å²) >= 11 is 0. The van der Waals surface area contributed by atoms with Crippen LogP contribution in [0.15, 0.2) is 0 Å². The molecule has 0 unspecified atom stereocenters. The van der Waals surface area contributed by atoms with Crippen molar-refractivity contribution in [1.82, 2.24) is 5.48 Å². The second-order valence-corrected chi connectivity index (χ2v) is 2.84. The Hall–Kier alpha value is -0.280. The van der Waals surface area contributed by atoms with Gasteiger partial charge in [-0.05, 0) is 20.8 Å². The third kappa shape index (κ3) is 4.58. The Morgan fingerprint density at radius 2 is 1.80 bits per heavy atom. The van der Waals surface area contributed by atoms with Gasteiger partial charge in [0.25, 0.3) is 0 Å². The van der Waals surface area contributed by atoms with Gasteiger partial charge >= 0.3 is 5.97 Å². The molecule has 0 saturated carbocycles. The molecule has 10 heavy (non-hydrogen) atoms. The molecule has 62 valence electrons. The maximum Gasteiger partial charge on any atom is 0.329 e. The minimum absolute atomic E-state index is 0. The Labute approximate surface area is 67.5 Å². The van der Waals surface area contributed by atoms with Gasteiger partial charge in [-0.25, -0.2) is 4.79 Å². The molecule has 3 nitrogen and oxygen atoms in total. The number of carbonyl (C=O) groups is 1. The Balaban J connectivity index is 0. The quantitative estimate of drug-likeness (QED) is 0.596. The summed E-state index contributed by atoms with van der Waals surface area (Å²) in [5.74, 6) is -0.245. The van der Waals surface area contributed by atoms with Crippen LogP contribution >= 0.6 is 12.4 Å². The average molecular weight is 168 g/mol. The van der Waals surface area contributed by atoms with Crippen LogP contribution in [0.2, 0.25) is 0 Å². The molecule has 1 N–H and O–H groups in total. The number of carbonyl (C=O) groups excluding carboxylic acids is 1. The summed E-state index contributed by atoms with van der Waals surface area (Å²) in [6.07, 6.45) is 0. The van der Waals surface area contributed by atoms with E-state index in [-0.39, 0.29) is 18.4 Å². The third-order valence-electron chi connectivity index (χ3n) is 0.807. The highest BCUT2D eigenvalue weighted by molar-refractivity contribution is 5.85. The second kappa shape index (κ2) is 4.52. The molecule has 4 heteroatoms. The zero-order valence-corrected chi connectivity index (χ0v) is 7.54. The van der Waals surface area contributed by atoms with Crippen LogP contribution in [0.4, 0.5) is 0 Å². The third-order valence-corrected chi connectivity index (χ3v) is 0.807. The molecule has 0 aliphatic carbocycles. The van der Waals surface area contributed by atoms with Gasteiger partial charge in [-0.1, -0.05) is 0 Å². The molecule has 0 bridgehead atoms. The summed E-state index contributed by atoms with van der Waals surface area (Å²) in [5, 5.41) is 0. The maximum absolute atomic E-state index is 10.8. The van der Waals surface area contributed by atoms with E-state index in [9.17, 15) is 4.79 Å². The van der Waals surface area contributed by atoms with E-state index in [1.165, 1.54) is 0 Å². The summed E-state index contributed by atoms with van der Waals surface area (Å²) in [6.45, 7) is 5.39. The summed E-state index contributed by atoms with van der Waals surface area (Å²) < 4.78 is 0. The van der Waals surface area contributed by atoms with Crippen molar-refractivity contribution >= 4 is 18.4 Å². The smallest absolute Gasteiger partial charge is 0.329 e. The van der Waals surface area contributed by atoms with Crippen molar-refractivity contribution < 1.29 is 9.63 Å². The lowest BCUT2D eigenvalue weighted by atomic mass is 9.98. The van der Waals surface area contributed by atoms with Gasteiger partial charge in [-0.15, -0.1) is 12.4 Å². The Bertz CT molecular complexity index is 109. The number of hydroxylamine groups is 1. The van der Waals surface area contributed by atoms with Crippen LogP contribution in [0.5, 0.6) is 0 Å². The summed E-state index contributed by atoms with van der Waals surface area (Å²) in [4.78, 5) is 15.3. The minimum atomic E-state index is -0.414. The topological polar surface area (TPSA) is 38.3 Å². The monoisotopic (exact) mass is 167 g/mol. The van der Waals surface area contributed by atoms with Gasteiger partial charge in [0.15, 0.2) is 0 Å². The first-order valence-corrected chi connectivity index (χ1v) is 2.86. The molecular weight excluding hydrogens is 154 g/mol. The van der Waals surface area contributed by atoms with E-state index in [0.29, 0.717) is 0 Å². The Morgan fingerprint density at radius 1 is 1.40 bits per heavy atom. The van der Waals surface area contributed by atoms with Gasteiger partial charge in [-0.3, -0.25) is 0 Å². The van der Waals surface area contributed by atoms with Crippen LogP contribution in [0.1, 0.15) is 20.8 Å².